The van der Waals surface area contributed by atoms with Crippen molar-refractivity contribution < 1.29 is 14.7 Å². The third kappa shape index (κ3) is 2.86. The molecule has 1 aliphatic rings. The average Bonchev–Trinajstić information content (AvgIpc) is 2.68. The van der Waals surface area contributed by atoms with Crippen LogP contribution < -0.4 is 9.47 Å². The molecule has 25 heavy (non-hydrogen) atoms. The van der Waals surface area contributed by atoms with Crippen LogP contribution in [-0.4, -0.2) is 17.4 Å². The first-order chi connectivity index (χ1) is 12.3. The maximum atomic E-state index is 11.0. The van der Waals surface area contributed by atoms with Crippen LogP contribution in [0.5, 0.6) is 11.5 Å². The Kier molecular flexibility index (Phi) is 4.14. The highest BCUT2D eigenvalue weighted by Gasteiger charge is 2.36. The van der Waals surface area contributed by atoms with Crippen LogP contribution in [0.25, 0.3) is 0 Å². The first kappa shape index (κ1) is 15.7. The van der Waals surface area contributed by atoms with Crippen LogP contribution in [0.2, 0.25) is 0 Å². The van der Waals surface area contributed by atoms with Gasteiger partial charge in [0.15, 0.2) is 0 Å². The average molecular weight is 333 g/mol. The molecule has 3 aromatic carbocycles. The molecule has 2 unspecified atom stereocenters. The van der Waals surface area contributed by atoms with Crippen molar-refractivity contribution in [1.29, 1.82) is 0 Å². The molecule has 0 aromatic heterocycles. The predicted octanol–water partition coefficient (Wildman–Crippen LogP) is 4.57. The van der Waals surface area contributed by atoms with Crippen LogP contribution in [0, 0.1) is 0 Å². The number of methoxy groups -OCH3 is 1. The summed E-state index contributed by atoms with van der Waals surface area (Å²) in [6.45, 7) is 0. The normalized spacial score (nSPS) is 19.8. The van der Waals surface area contributed by atoms with E-state index in [-0.39, 0.29) is 6.04 Å². The summed E-state index contributed by atoms with van der Waals surface area (Å²) in [7, 11) is 1.63. The van der Waals surface area contributed by atoms with Crippen molar-refractivity contribution in [3.63, 3.8) is 0 Å². The molecule has 4 nitrogen and oxygen atoms in total. The van der Waals surface area contributed by atoms with Crippen molar-refractivity contribution in [2.24, 2.45) is 0 Å². The van der Waals surface area contributed by atoms with Crippen LogP contribution in [-0.2, 0) is 0 Å². The number of benzene rings is 3. The summed E-state index contributed by atoms with van der Waals surface area (Å²) in [6, 6.07) is 25.0. The van der Waals surface area contributed by atoms with Gasteiger partial charge in [-0.15, -0.1) is 5.06 Å². The number of hydrogen-bond donors (Lipinski definition) is 1. The van der Waals surface area contributed by atoms with Crippen LogP contribution in [0.15, 0.2) is 78.9 Å². The van der Waals surface area contributed by atoms with Crippen LogP contribution >= 0.6 is 0 Å². The second-order valence-corrected chi connectivity index (χ2v) is 5.97. The second kappa shape index (κ2) is 6.59. The zero-order valence-electron chi connectivity index (χ0n) is 13.9. The highest BCUT2D eigenvalue weighted by atomic mass is 16.6. The van der Waals surface area contributed by atoms with E-state index in [1.54, 1.807) is 7.11 Å². The standard InChI is InChI=1S/C21H19NO3/c1-24-17-13-11-16(12-14-17)21-22(23)20(15-7-3-2-4-8-15)18-9-5-6-10-19(18)25-21/h2-14,20-21,23H,1H3. The molecular weight excluding hydrogens is 314 g/mol. The number of hydrogen-bond acceptors (Lipinski definition) is 4. The Morgan fingerprint density at radius 3 is 2.24 bits per heavy atom. The molecule has 0 fully saturated rings. The van der Waals surface area contributed by atoms with Gasteiger partial charge in [-0.05, 0) is 23.8 Å². The molecule has 0 radical (unpaired) electrons. The first-order valence-electron chi connectivity index (χ1n) is 8.19. The van der Waals surface area contributed by atoms with E-state index in [0.717, 1.165) is 28.2 Å². The van der Waals surface area contributed by atoms with Gasteiger partial charge in [-0.25, -0.2) is 0 Å². The lowest BCUT2D eigenvalue weighted by molar-refractivity contribution is -0.220. The lowest BCUT2D eigenvalue weighted by Gasteiger charge is -2.39. The van der Waals surface area contributed by atoms with Gasteiger partial charge in [0.05, 0.1) is 13.2 Å². The summed E-state index contributed by atoms with van der Waals surface area (Å²) >= 11 is 0. The van der Waals surface area contributed by atoms with Gasteiger partial charge in [-0.2, -0.15) is 0 Å². The van der Waals surface area contributed by atoms with Gasteiger partial charge in [-0.1, -0.05) is 60.7 Å². The molecule has 4 heteroatoms. The molecule has 0 bridgehead atoms. The molecule has 0 amide bonds. The largest absolute Gasteiger partial charge is 0.497 e. The topological polar surface area (TPSA) is 41.9 Å². The van der Waals surface area contributed by atoms with Crippen molar-refractivity contribution >= 4 is 0 Å². The van der Waals surface area contributed by atoms with Crippen molar-refractivity contribution in [2.75, 3.05) is 7.11 Å². The molecule has 3 aromatic rings. The van der Waals surface area contributed by atoms with Gasteiger partial charge < -0.3 is 14.7 Å². The number of para-hydroxylation sites is 1. The number of rotatable bonds is 3. The van der Waals surface area contributed by atoms with Crippen molar-refractivity contribution in [2.45, 2.75) is 12.3 Å². The van der Waals surface area contributed by atoms with E-state index in [1.165, 1.54) is 5.06 Å². The maximum absolute atomic E-state index is 11.0. The summed E-state index contributed by atoms with van der Waals surface area (Å²) in [6.07, 6.45) is -0.592. The Hall–Kier alpha value is -2.82. The second-order valence-electron chi connectivity index (χ2n) is 5.97. The van der Waals surface area contributed by atoms with Crippen molar-refractivity contribution in [1.82, 2.24) is 5.06 Å². The van der Waals surface area contributed by atoms with Crippen LogP contribution in [0.1, 0.15) is 29.0 Å². The Balaban J connectivity index is 1.78. The fraction of sp³-hybridized carbons (Fsp3) is 0.143. The molecule has 1 aliphatic heterocycles. The van der Waals surface area contributed by atoms with E-state index < -0.39 is 6.23 Å². The first-order valence-corrected chi connectivity index (χ1v) is 8.19. The highest BCUT2D eigenvalue weighted by Crippen LogP contribution is 2.44. The monoisotopic (exact) mass is 333 g/mol. The molecule has 126 valence electrons. The quantitative estimate of drug-likeness (QED) is 0.762. The van der Waals surface area contributed by atoms with Gasteiger partial charge in [0.2, 0.25) is 6.23 Å². The van der Waals surface area contributed by atoms with E-state index in [0.29, 0.717) is 0 Å². The Morgan fingerprint density at radius 2 is 1.52 bits per heavy atom. The van der Waals surface area contributed by atoms with E-state index in [2.05, 4.69) is 0 Å². The summed E-state index contributed by atoms with van der Waals surface area (Å²) in [5.41, 5.74) is 2.82. The molecular formula is C21H19NO3. The van der Waals surface area contributed by atoms with Crippen LogP contribution in [0.3, 0.4) is 0 Å². The summed E-state index contributed by atoms with van der Waals surface area (Å²) in [5.74, 6) is 1.55. The minimum absolute atomic E-state index is 0.293. The summed E-state index contributed by atoms with van der Waals surface area (Å²) in [5, 5.41) is 12.3. The van der Waals surface area contributed by atoms with Crippen molar-refractivity contribution in [3.05, 3.63) is 95.6 Å². The zero-order chi connectivity index (χ0) is 17.2. The number of hydroxylamine groups is 2. The summed E-state index contributed by atoms with van der Waals surface area (Å²) in [4.78, 5) is 0. The minimum atomic E-state index is -0.592. The molecule has 2 atom stereocenters. The van der Waals surface area contributed by atoms with Gasteiger partial charge in [0.1, 0.15) is 11.5 Å². The smallest absolute Gasteiger partial charge is 0.201 e. The third-order valence-corrected chi connectivity index (χ3v) is 4.47. The molecule has 0 saturated carbocycles. The third-order valence-electron chi connectivity index (χ3n) is 4.47. The van der Waals surface area contributed by atoms with Gasteiger partial charge in [0.25, 0.3) is 0 Å². The Morgan fingerprint density at radius 1 is 0.840 bits per heavy atom. The molecule has 0 saturated heterocycles. The van der Waals surface area contributed by atoms with Gasteiger partial charge in [-0.3, -0.25) is 0 Å². The number of fused-ring (bicyclic) bond motifs is 1. The Labute approximate surface area is 146 Å². The fourth-order valence-corrected chi connectivity index (χ4v) is 3.22. The van der Waals surface area contributed by atoms with Crippen molar-refractivity contribution in [3.8, 4) is 11.5 Å². The van der Waals surface area contributed by atoms with E-state index in [9.17, 15) is 5.21 Å². The number of nitrogens with zero attached hydrogens (tertiary/aromatic N) is 1. The van der Waals surface area contributed by atoms with E-state index in [1.807, 2.05) is 78.9 Å². The van der Waals surface area contributed by atoms with Gasteiger partial charge >= 0.3 is 0 Å². The minimum Gasteiger partial charge on any atom is -0.497 e. The highest BCUT2D eigenvalue weighted by molar-refractivity contribution is 5.44. The SMILES string of the molecule is COc1ccc(C2Oc3ccccc3C(c3ccccc3)N2O)cc1. The Bertz CT molecular complexity index is 849. The molecule has 4 rings (SSSR count). The molecule has 1 N–H and O–H groups in total. The molecule has 1 heterocycles. The molecule has 0 aliphatic carbocycles. The lowest BCUT2D eigenvalue weighted by atomic mass is 9.95. The van der Waals surface area contributed by atoms with Crippen LogP contribution in [0.4, 0.5) is 0 Å². The fourth-order valence-electron chi connectivity index (χ4n) is 3.22. The maximum Gasteiger partial charge on any atom is 0.201 e. The molecule has 0 spiro atoms. The predicted molar refractivity (Wildman–Crippen MR) is 94.7 cm³/mol. The van der Waals surface area contributed by atoms with Gasteiger partial charge in [0, 0.05) is 11.1 Å². The number of ether oxygens (including phenoxy) is 2. The zero-order valence-corrected chi connectivity index (χ0v) is 13.9. The lowest BCUT2D eigenvalue weighted by Crippen LogP contribution is -2.37. The summed E-state index contributed by atoms with van der Waals surface area (Å²) < 4.78 is 11.3. The van der Waals surface area contributed by atoms with E-state index in [4.69, 9.17) is 9.47 Å². The van der Waals surface area contributed by atoms with E-state index >= 15 is 0 Å².